The number of hydrogen-bond donors (Lipinski definition) is 2. The Morgan fingerprint density at radius 2 is 1.89 bits per heavy atom. The maximum Gasteiger partial charge on any atom is 0.352 e. The highest BCUT2D eigenvalue weighted by Gasteiger charge is 2.23. The van der Waals surface area contributed by atoms with E-state index in [4.69, 9.17) is 15.2 Å². The molecule has 0 aliphatic carbocycles. The van der Waals surface area contributed by atoms with Gasteiger partial charge in [0.2, 0.25) is 0 Å². The molecule has 0 radical (unpaired) electrons. The number of ether oxygens (including phenoxy) is 2. The molecule has 1 aromatic heterocycles. The third-order valence-corrected chi connectivity index (χ3v) is 8.65. The van der Waals surface area contributed by atoms with Crippen LogP contribution < -0.4 is 5.73 Å². The molecule has 0 amide bonds. The van der Waals surface area contributed by atoms with Crippen LogP contribution in [0.5, 0.6) is 0 Å². The molecule has 0 spiro atoms. The number of aliphatic carboxylic acids is 1. The summed E-state index contributed by atoms with van der Waals surface area (Å²) in [4.78, 5) is 28.0. The molecule has 0 saturated carbocycles. The SMILES string of the molecule is CCC(CCCc1csc2ccc(-c3cccc(F)c3CCOCCC(C(C)=NC)=C(N)C(=O)O)cc12)C(=O)OC(C)(C)C. The normalized spacial score (nSPS) is 13.6. The van der Waals surface area contributed by atoms with E-state index in [1.165, 1.54) is 16.3 Å². The Morgan fingerprint density at radius 3 is 2.55 bits per heavy atom. The fourth-order valence-corrected chi connectivity index (χ4v) is 6.14. The standard InChI is InChI=1S/C35H45FN2O5S/c1-7-23(34(41)43-35(3,4)5)10-8-11-25-21-44-31-15-14-24(20-29(25)31)27-12-9-13-30(36)28(27)17-19-42-18-16-26(22(2)38-6)32(37)33(39)40/h9,12-15,20-21,23H,7-8,10-11,16-19,37H2,1-6H3,(H,39,40). The second-order valence-corrected chi connectivity index (χ2v) is 12.8. The molecule has 3 rings (SSSR count). The zero-order valence-electron chi connectivity index (χ0n) is 26.7. The Bertz CT molecular complexity index is 1520. The number of carboxylic acid groups (broad SMARTS) is 1. The number of fused-ring (bicyclic) bond motifs is 1. The number of benzene rings is 2. The lowest BCUT2D eigenvalue weighted by atomic mass is 9.94. The van der Waals surface area contributed by atoms with Crippen LogP contribution >= 0.6 is 11.3 Å². The summed E-state index contributed by atoms with van der Waals surface area (Å²) >= 11 is 1.69. The predicted octanol–water partition coefficient (Wildman–Crippen LogP) is 7.74. The minimum atomic E-state index is -1.20. The molecule has 3 N–H and O–H groups in total. The number of aryl methyl sites for hydroxylation is 1. The highest BCUT2D eigenvalue weighted by atomic mass is 32.1. The molecule has 238 valence electrons. The van der Waals surface area contributed by atoms with Crippen molar-refractivity contribution in [2.24, 2.45) is 16.6 Å². The van der Waals surface area contributed by atoms with Gasteiger partial charge in [-0.2, -0.15) is 0 Å². The summed E-state index contributed by atoms with van der Waals surface area (Å²) in [7, 11) is 1.58. The van der Waals surface area contributed by atoms with E-state index in [0.29, 0.717) is 29.7 Å². The molecule has 1 atom stereocenters. The van der Waals surface area contributed by atoms with Gasteiger partial charge in [0.15, 0.2) is 0 Å². The number of aliphatic imine (C=N–C) groups is 1. The maximum atomic E-state index is 15.1. The number of rotatable bonds is 15. The molecule has 0 bridgehead atoms. The van der Waals surface area contributed by atoms with Crippen LogP contribution in [0.4, 0.5) is 4.39 Å². The van der Waals surface area contributed by atoms with E-state index in [9.17, 15) is 14.7 Å². The number of hydrogen-bond acceptors (Lipinski definition) is 7. The zero-order chi connectivity index (χ0) is 32.4. The summed E-state index contributed by atoms with van der Waals surface area (Å²) in [6, 6.07) is 11.3. The Kier molecular flexibility index (Phi) is 12.7. The zero-order valence-corrected chi connectivity index (χ0v) is 27.5. The number of carboxylic acids is 1. The molecule has 0 aliphatic heterocycles. The van der Waals surface area contributed by atoms with Crippen molar-refractivity contribution in [1.29, 1.82) is 0 Å². The summed E-state index contributed by atoms with van der Waals surface area (Å²) in [6.07, 6.45) is 3.87. The van der Waals surface area contributed by atoms with Crippen LogP contribution in [-0.4, -0.2) is 48.6 Å². The van der Waals surface area contributed by atoms with E-state index in [2.05, 4.69) is 22.5 Å². The van der Waals surface area contributed by atoms with Crippen molar-refractivity contribution in [3.05, 3.63) is 70.0 Å². The summed E-state index contributed by atoms with van der Waals surface area (Å²) < 4.78 is 27.7. The van der Waals surface area contributed by atoms with Gasteiger partial charge < -0.3 is 20.3 Å². The van der Waals surface area contributed by atoms with Crippen LogP contribution in [0.25, 0.3) is 21.2 Å². The van der Waals surface area contributed by atoms with Crippen LogP contribution in [0.1, 0.15) is 71.4 Å². The number of esters is 1. The average molecular weight is 625 g/mol. The third-order valence-electron chi connectivity index (χ3n) is 7.64. The quantitative estimate of drug-likeness (QED) is 0.0775. The Labute approximate surface area is 264 Å². The lowest BCUT2D eigenvalue weighted by Gasteiger charge is -2.23. The van der Waals surface area contributed by atoms with E-state index in [1.807, 2.05) is 39.8 Å². The largest absolute Gasteiger partial charge is 0.477 e. The van der Waals surface area contributed by atoms with Gasteiger partial charge in [0.05, 0.1) is 19.1 Å². The van der Waals surface area contributed by atoms with Crippen molar-refractivity contribution in [2.75, 3.05) is 20.3 Å². The van der Waals surface area contributed by atoms with Gasteiger partial charge in [0.25, 0.3) is 0 Å². The Hall–Kier alpha value is -3.56. The molecule has 44 heavy (non-hydrogen) atoms. The van der Waals surface area contributed by atoms with Crippen molar-refractivity contribution in [3.8, 4) is 11.1 Å². The van der Waals surface area contributed by atoms with E-state index in [1.54, 1.807) is 31.4 Å². The molecule has 1 heterocycles. The van der Waals surface area contributed by atoms with Crippen molar-refractivity contribution in [3.63, 3.8) is 0 Å². The summed E-state index contributed by atoms with van der Waals surface area (Å²) in [5.74, 6) is -1.75. The smallest absolute Gasteiger partial charge is 0.352 e. The number of thiophene rings is 1. The molecule has 2 aromatic carbocycles. The van der Waals surface area contributed by atoms with Gasteiger partial charge in [-0.1, -0.05) is 25.1 Å². The topological polar surface area (TPSA) is 111 Å². The first kappa shape index (κ1) is 34.9. The highest BCUT2D eigenvalue weighted by Crippen LogP contribution is 2.34. The van der Waals surface area contributed by atoms with Gasteiger partial charge in [-0.3, -0.25) is 9.79 Å². The Morgan fingerprint density at radius 1 is 1.14 bits per heavy atom. The van der Waals surface area contributed by atoms with Crippen LogP contribution in [0.2, 0.25) is 0 Å². The molecular formula is C35H45FN2O5S. The van der Waals surface area contributed by atoms with Crippen LogP contribution in [0.3, 0.4) is 0 Å². The third kappa shape index (κ3) is 9.47. The first-order chi connectivity index (χ1) is 20.9. The number of nitrogens with two attached hydrogens (primary N) is 1. The fraction of sp³-hybridized carbons (Fsp3) is 0.457. The van der Waals surface area contributed by atoms with E-state index >= 15 is 4.39 Å². The predicted molar refractivity (Wildman–Crippen MR) is 177 cm³/mol. The molecule has 0 fully saturated rings. The van der Waals surface area contributed by atoms with Gasteiger partial charge in [-0.25, -0.2) is 9.18 Å². The van der Waals surface area contributed by atoms with Crippen molar-refractivity contribution in [2.45, 2.75) is 78.7 Å². The molecule has 3 aromatic rings. The molecule has 7 nitrogen and oxygen atoms in total. The number of carbonyl (C=O) groups is 2. The van der Waals surface area contributed by atoms with Gasteiger partial charge in [0, 0.05) is 23.0 Å². The maximum absolute atomic E-state index is 15.1. The van der Waals surface area contributed by atoms with Crippen molar-refractivity contribution >= 4 is 39.1 Å². The number of carbonyl (C=O) groups excluding carboxylic acids is 1. The minimum Gasteiger partial charge on any atom is -0.477 e. The molecule has 0 aliphatic rings. The van der Waals surface area contributed by atoms with E-state index in [-0.39, 0.29) is 36.6 Å². The van der Waals surface area contributed by atoms with Crippen molar-refractivity contribution in [1.82, 2.24) is 0 Å². The van der Waals surface area contributed by atoms with Crippen LogP contribution in [-0.2, 0) is 31.9 Å². The summed E-state index contributed by atoms with van der Waals surface area (Å²) in [6.45, 7) is 9.90. The fourth-order valence-electron chi connectivity index (χ4n) is 5.16. The molecular weight excluding hydrogens is 579 g/mol. The first-order valence-electron chi connectivity index (χ1n) is 15.1. The second-order valence-electron chi connectivity index (χ2n) is 11.9. The molecule has 1 unspecified atom stereocenters. The Balaban J connectivity index is 1.70. The van der Waals surface area contributed by atoms with Gasteiger partial charge in [-0.15, -0.1) is 11.3 Å². The monoisotopic (exact) mass is 624 g/mol. The van der Waals surface area contributed by atoms with E-state index < -0.39 is 11.6 Å². The highest BCUT2D eigenvalue weighted by molar-refractivity contribution is 7.17. The number of nitrogens with zero attached hydrogens (tertiary/aromatic N) is 1. The lowest BCUT2D eigenvalue weighted by molar-refractivity contribution is -0.160. The minimum absolute atomic E-state index is 0.118. The van der Waals surface area contributed by atoms with Gasteiger partial charge in [-0.05, 0) is 117 Å². The van der Waals surface area contributed by atoms with Crippen LogP contribution in [0.15, 0.2) is 58.0 Å². The summed E-state index contributed by atoms with van der Waals surface area (Å²) in [5.41, 5.74) is 9.52. The van der Waals surface area contributed by atoms with Gasteiger partial charge in [0.1, 0.15) is 17.1 Å². The lowest BCUT2D eigenvalue weighted by Crippen LogP contribution is -2.28. The van der Waals surface area contributed by atoms with Crippen molar-refractivity contribution < 1.29 is 28.6 Å². The average Bonchev–Trinajstić information content (AvgIpc) is 3.38. The van der Waals surface area contributed by atoms with E-state index in [0.717, 1.165) is 42.2 Å². The number of halogens is 1. The molecule has 0 saturated heterocycles. The first-order valence-corrected chi connectivity index (χ1v) is 16.0. The van der Waals surface area contributed by atoms with Gasteiger partial charge >= 0.3 is 11.9 Å². The molecule has 9 heteroatoms. The second kappa shape index (κ2) is 16.0. The van der Waals surface area contributed by atoms with Crippen LogP contribution in [0, 0.1) is 11.7 Å². The summed E-state index contributed by atoms with van der Waals surface area (Å²) in [5, 5.41) is 12.6.